The average molecular weight is 269 g/mol. The minimum absolute atomic E-state index is 0.238. The molecule has 0 spiro atoms. The molecule has 0 saturated carbocycles. The van der Waals surface area contributed by atoms with Crippen molar-refractivity contribution in [1.29, 1.82) is 0 Å². The molecule has 20 heavy (non-hydrogen) atoms. The monoisotopic (exact) mass is 269 g/mol. The molecule has 0 bridgehead atoms. The Morgan fingerprint density at radius 2 is 1.55 bits per heavy atom. The Labute approximate surface area is 121 Å². The SMILES string of the molecule is COc1ccccc1C(C)N[C@H](C)c1ccc(C)cc1. The predicted molar refractivity (Wildman–Crippen MR) is 84.1 cm³/mol. The van der Waals surface area contributed by atoms with Crippen molar-refractivity contribution < 1.29 is 4.74 Å². The lowest BCUT2D eigenvalue weighted by Crippen LogP contribution is -2.22. The van der Waals surface area contributed by atoms with Crippen LogP contribution < -0.4 is 10.1 Å². The van der Waals surface area contributed by atoms with E-state index >= 15 is 0 Å². The van der Waals surface area contributed by atoms with Crippen molar-refractivity contribution in [3.05, 3.63) is 65.2 Å². The number of nitrogens with one attached hydrogen (secondary N) is 1. The van der Waals surface area contributed by atoms with E-state index in [0.717, 1.165) is 5.75 Å². The lowest BCUT2D eigenvalue weighted by molar-refractivity contribution is 0.396. The van der Waals surface area contributed by atoms with Crippen molar-refractivity contribution in [2.45, 2.75) is 32.9 Å². The molecular formula is C18H23NO. The van der Waals surface area contributed by atoms with E-state index in [4.69, 9.17) is 4.74 Å². The Bertz CT molecular complexity index is 548. The number of hydrogen-bond donors (Lipinski definition) is 1. The maximum Gasteiger partial charge on any atom is 0.123 e. The minimum atomic E-state index is 0.238. The van der Waals surface area contributed by atoms with Gasteiger partial charge in [-0.3, -0.25) is 0 Å². The van der Waals surface area contributed by atoms with Crippen LogP contribution in [-0.2, 0) is 0 Å². The molecule has 0 aromatic heterocycles. The number of rotatable bonds is 5. The molecule has 1 N–H and O–H groups in total. The first-order valence-corrected chi connectivity index (χ1v) is 7.07. The van der Waals surface area contributed by atoms with Gasteiger partial charge in [0.25, 0.3) is 0 Å². The van der Waals surface area contributed by atoms with Gasteiger partial charge in [-0.05, 0) is 32.4 Å². The lowest BCUT2D eigenvalue weighted by atomic mass is 10.0. The second-order valence-corrected chi connectivity index (χ2v) is 5.26. The third-order valence-corrected chi connectivity index (χ3v) is 3.68. The van der Waals surface area contributed by atoms with Crippen LogP contribution in [0.5, 0.6) is 5.75 Å². The molecule has 0 saturated heterocycles. The quantitative estimate of drug-likeness (QED) is 0.867. The van der Waals surface area contributed by atoms with E-state index in [0.29, 0.717) is 6.04 Å². The molecule has 2 aromatic carbocycles. The summed E-state index contributed by atoms with van der Waals surface area (Å²) in [7, 11) is 1.72. The van der Waals surface area contributed by atoms with Gasteiger partial charge in [-0.1, -0.05) is 48.0 Å². The standard InChI is InChI=1S/C18H23NO/c1-13-9-11-16(12-10-13)14(2)19-15(3)17-7-5-6-8-18(17)20-4/h5-12,14-15,19H,1-4H3/t14-,15?/m1/s1. The molecule has 2 nitrogen and oxygen atoms in total. The van der Waals surface area contributed by atoms with Gasteiger partial charge in [0.2, 0.25) is 0 Å². The first kappa shape index (κ1) is 14.6. The Balaban J connectivity index is 2.10. The summed E-state index contributed by atoms with van der Waals surface area (Å²) in [6.45, 7) is 6.47. The first-order valence-electron chi connectivity index (χ1n) is 7.07. The normalized spacial score (nSPS) is 13.8. The van der Waals surface area contributed by atoms with Gasteiger partial charge in [0.15, 0.2) is 0 Å². The van der Waals surface area contributed by atoms with Gasteiger partial charge in [-0.2, -0.15) is 0 Å². The van der Waals surface area contributed by atoms with Crippen molar-refractivity contribution in [3.63, 3.8) is 0 Å². The van der Waals surface area contributed by atoms with Gasteiger partial charge < -0.3 is 10.1 Å². The van der Waals surface area contributed by atoms with Gasteiger partial charge in [0.05, 0.1) is 7.11 Å². The van der Waals surface area contributed by atoms with Gasteiger partial charge in [0.1, 0.15) is 5.75 Å². The van der Waals surface area contributed by atoms with E-state index in [1.165, 1.54) is 16.7 Å². The number of benzene rings is 2. The van der Waals surface area contributed by atoms with Crippen LogP contribution in [0.4, 0.5) is 0 Å². The van der Waals surface area contributed by atoms with Gasteiger partial charge in [0, 0.05) is 17.6 Å². The second-order valence-electron chi connectivity index (χ2n) is 5.26. The Morgan fingerprint density at radius 1 is 0.900 bits per heavy atom. The summed E-state index contributed by atoms with van der Waals surface area (Å²) in [4.78, 5) is 0. The third kappa shape index (κ3) is 3.40. The van der Waals surface area contributed by atoms with Crippen LogP contribution in [0.2, 0.25) is 0 Å². The Kier molecular flexibility index (Phi) is 4.80. The van der Waals surface area contributed by atoms with E-state index < -0.39 is 0 Å². The highest BCUT2D eigenvalue weighted by Crippen LogP contribution is 2.26. The van der Waals surface area contributed by atoms with Crippen molar-refractivity contribution >= 4 is 0 Å². The Morgan fingerprint density at radius 3 is 2.20 bits per heavy atom. The highest BCUT2D eigenvalue weighted by Gasteiger charge is 2.14. The van der Waals surface area contributed by atoms with Crippen LogP contribution >= 0.6 is 0 Å². The van der Waals surface area contributed by atoms with Crippen LogP contribution in [0.1, 0.15) is 42.6 Å². The molecule has 0 aliphatic rings. The predicted octanol–water partition coefficient (Wildman–Crippen LogP) is 4.42. The summed E-state index contributed by atoms with van der Waals surface area (Å²) < 4.78 is 5.43. The topological polar surface area (TPSA) is 21.3 Å². The highest BCUT2D eigenvalue weighted by atomic mass is 16.5. The molecule has 0 heterocycles. The zero-order chi connectivity index (χ0) is 14.5. The van der Waals surface area contributed by atoms with Gasteiger partial charge >= 0.3 is 0 Å². The lowest BCUT2D eigenvalue weighted by Gasteiger charge is -2.22. The minimum Gasteiger partial charge on any atom is -0.496 e. The van der Waals surface area contributed by atoms with Gasteiger partial charge in [-0.15, -0.1) is 0 Å². The summed E-state index contributed by atoms with van der Waals surface area (Å²) in [5.74, 6) is 0.934. The first-order chi connectivity index (χ1) is 9.61. The van der Waals surface area contributed by atoms with E-state index in [-0.39, 0.29) is 6.04 Å². The number of methoxy groups -OCH3 is 1. The summed E-state index contributed by atoms with van der Waals surface area (Å²) >= 11 is 0. The fourth-order valence-electron chi connectivity index (χ4n) is 2.44. The van der Waals surface area contributed by atoms with E-state index in [1.54, 1.807) is 7.11 Å². The molecule has 0 aliphatic heterocycles. The molecule has 0 amide bonds. The van der Waals surface area contributed by atoms with Crippen LogP contribution in [0, 0.1) is 6.92 Å². The number of hydrogen-bond acceptors (Lipinski definition) is 2. The van der Waals surface area contributed by atoms with Crippen molar-refractivity contribution in [3.8, 4) is 5.75 Å². The average Bonchev–Trinajstić information content (AvgIpc) is 2.47. The molecule has 106 valence electrons. The molecule has 1 unspecified atom stereocenters. The maximum atomic E-state index is 5.43. The molecule has 2 atom stereocenters. The van der Waals surface area contributed by atoms with E-state index in [2.05, 4.69) is 56.4 Å². The fraction of sp³-hybridized carbons (Fsp3) is 0.333. The molecule has 2 aromatic rings. The number of para-hydroxylation sites is 1. The molecule has 2 heteroatoms. The largest absolute Gasteiger partial charge is 0.496 e. The number of aryl methyl sites for hydroxylation is 1. The molecule has 0 aliphatic carbocycles. The highest BCUT2D eigenvalue weighted by molar-refractivity contribution is 5.36. The fourth-order valence-corrected chi connectivity index (χ4v) is 2.44. The van der Waals surface area contributed by atoms with Crippen molar-refractivity contribution in [2.24, 2.45) is 0 Å². The zero-order valence-electron chi connectivity index (χ0n) is 12.7. The second kappa shape index (κ2) is 6.58. The van der Waals surface area contributed by atoms with Crippen LogP contribution in [0.15, 0.2) is 48.5 Å². The molecule has 0 radical (unpaired) electrons. The zero-order valence-corrected chi connectivity index (χ0v) is 12.7. The van der Waals surface area contributed by atoms with Crippen LogP contribution in [0.3, 0.4) is 0 Å². The maximum absolute atomic E-state index is 5.43. The Hall–Kier alpha value is -1.80. The van der Waals surface area contributed by atoms with Crippen LogP contribution in [-0.4, -0.2) is 7.11 Å². The number of ether oxygens (including phenoxy) is 1. The summed E-state index contributed by atoms with van der Waals surface area (Å²) in [6.07, 6.45) is 0. The summed E-state index contributed by atoms with van der Waals surface area (Å²) in [5, 5.41) is 3.63. The molecule has 2 rings (SSSR count). The van der Waals surface area contributed by atoms with Crippen LogP contribution in [0.25, 0.3) is 0 Å². The molecular weight excluding hydrogens is 246 g/mol. The van der Waals surface area contributed by atoms with E-state index in [1.807, 2.05) is 18.2 Å². The van der Waals surface area contributed by atoms with Crippen molar-refractivity contribution in [1.82, 2.24) is 5.32 Å². The van der Waals surface area contributed by atoms with E-state index in [9.17, 15) is 0 Å². The van der Waals surface area contributed by atoms with Crippen molar-refractivity contribution in [2.75, 3.05) is 7.11 Å². The smallest absolute Gasteiger partial charge is 0.123 e. The molecule has 0 fully saturated rings. The van der Waals surface area contributed by atoms with Gasteiger partial charge in [-0.25, -0.2) is 0 Å². The third-order valence-electron chi connectivity index (χ3n) is 3.68. The summed E-state index contributed by atoms with van der Waals surface area (Å²) in [5.41, 5.74) is 3.78. The summed E-state index contributed by atoms with van der Waals surface area (Å²) in [6, 6.07) is 17.4.